The second kappa shape index (κ2) is 7.72. The summed E-state index contributed by atoms with van der Waals surface area (Å²) in [6.07, 6.45) is 1.74. The van der Waals surface area contributed by atoms with Crippen molar-refractivity contribution in [1.29, 1.82) is 5.26 Å². The molecule has 3 aromatic heterocycles. The highest BCUT2D eigenvalue weighted by molar-refractivity contribution is 6.35. The van der Waals surface area contributed by atoms with Gasteiger partial charge in [0, 0.05) is 11.8 Å². The molecule has 2 N–H and O–H groups in total. The first-order chi connectivity index (χ1) is 16.6. The van der Waals surface area contributed by atoms with Gasteiger partial charge in [-0.25, -0.2) is 9.48 Å². The van der Waals surface area contributed by atoms with Crippen LogP contribution in [0.1, 0.15) is 11.1 Å². The summed E-state index contributed by atoms with van der Waals surface area (Å²) < 4.78 is 3.57. The van der Waals surface area contributed by atoms with E-state index in [1.54, 1.807) is 23.0 Å². The van der Waals surface area contributed by atoms with E-state index in [1.165, 1.54) is 0 Å². The molecule has 10 heteroatoms. The quantitative estimate of drug-likeness (QED) is 0.406. The van der Waals surface area contributed by atoms with E-state index in [1.807, 2.05) is 53.2 Å². The molecule has 0 atom stereocenters. The first-order valence-electron chi connectivity index (χ1n) is 10.4. The Balaban J connectivity index is 1.43. The van der Waals surface area contributed by atoms with E-state index < -0.39 is 0 Å². The Morgan fingerprint density at radius 2 is 1.82 bits per heavy atom. The number of benzene rings is 3. The highest BCUT2D eigenvalue weighted by atomic mass is 35.5. The number of halogens is 1. The lowest BCUT2D eigenvalue weighted by Gasteiger charge is -2.10. The molecule has 6 aromatic rings. The van der Waals surface area contributed by atoms with Crippen molar-refractivity contribution in [3.05, 3.63) is 93.5 Å². The van der Waals surface area contributed by atoms with Gasteiger partial charge in [-0.1, -0.05) is 28.9 Å². The minimum Gasteiger partial charge on any atom is -0.306 e. The zero-order valence-electron chi connectivity index (χ0n) is 17.5. The molecule has 3 aromatic carbocycles. The van der Waals surface area contributed by atoms with Gasteiger partial charge in [-0.15, -0.1) is 5.10 Å². The lowest BCUT2D eigenvalue weighted by molar-refractivity contribution is 0.694. The molecule has 0 aliphatic rings. The highest BCUT2D eigenvalue weighted by Crippen LogP contribution is 2.31. The maximum Gasteiger partial charge on any atom is 0.323 e. The van der Waals surface area contributed by atoms with Crippen molar-refractivity contribution in [2.75, 3.05) is 0 Å². The van der Waals surface area contributed by atoms with Gasteiger partial charge in [-0.05, 0) is 54.1 Å². The maximum atomic E-state index is 11.6. The third-order valence-corrected chi connectivity index (χ3v) is 5.97. The molecule has 0 radical (unpaired) electrons. The van der Waals surface area contributed by atoms with Crippen molar-refractivity contribution in [1.82, 2.24) is 34.7 Å². The highest BCUT2D eigenvalue weighted by Gasteiger charge is 2.15. The van der Waals surface area contributed by atoms with E-state index >= 15 is 0 Å². The number of fused-ring (bicyclic) bond motifs is 2. The van der Waals surface area contributed by atoms with Gasteiger partial charge in [0.15, 0.2) is 0 Å². The first-order valence-corrected chi connectivity index (χ1v) is 10.8. The third kappa shape index (κ3) is 3.34. The molecule has 0 amide bonds. The number of nitrogens with zero attached hydrogens (tertiary/aromatic N) is 6. The van der Waals surface area contributed by atoms with Gasteiger partial charge in [0.2, 0.25) is 0 Å². The molecule has 0 aliphatic carbocycles. The van der Waals surface area contributed by atoms with Crippen LogP contribution in [-0.4, -0.2) is 34.7 Å². The van der Waals surface area contributed by atoms with E-state index in [0.717, 1.165) is 28.0 Å². The minimum atomic E-state index is -0.267. The summed E-state index contributed by atoms with van der Waals surface area (Å²) in [4.78, 5) is 17.1. The molecule has 0 aliphatic heterocycles. The van der Waals surface area contributed by atoms with Crippen LogP contribution >= 0.6 is 11.6 Å². The van der Waals surface area contributed by atoms with Crippen molar-refractivity contribution in [3.63, 3.8) is 0 Å². The summed E-state index contributed by atoms with van der Waals surface area (Å²) in [6.45, 7) is 0.540. The molecule has 0 spiro atoms. The smallest absolute Gasteiger partial charge is 0.306 e. The normalized spacial score (nSPS) is 11.3. The Labute approximate surface area is 196 Å². The van der Waals surface area contributed by atoms with Crippen LogP contribution in [0.2, 0.25) is 5.02 Å². The monoisotopic (exact) mass is 466 g/mol. The Kier molecular flexibility index (Phi) is 4.53. The Morgan fingerprint density at radius 3 is 2.65 bits per heavy atom. The van der Waals surface area contributed by atoms with Crippen LogP contribution < -0.4 is 5.69 Å². The summed E-state index contributed by atoms with van der Waals surface area (Å²) in [7, 11) is 0. The van der Waals surface area contributed by atoms with E-state index in [9.17, 15) is 4.79 Å². The number of hydrogen-bond donors (Lipinski definition) is 2. The standard InChI is InChI=1S/C24H15ClN8O/c25-18-9-16(21-7-8-27-32(21)13-15-3-1-14(12-26)2-4-15)10-22-23(18)30-31-33(22)17-5-6-19-20(11-17)29-24(34)28-19/h1-11H,13H2,(H2,28,29,34). The second-order valence-corrected chi connectivity index (χ2v) is 8.23. The largest absolute Gasteiger partial charge is 0.323 e. The summed E-state index contributed by atoms with van der Waals surface area (Å²) in [6, 6.07) is 20.8. The molecule has 6 rings (SSSR count). The molecule has 0 bridgehead atoms. The molecule has 34 heavy (non-hydrogen) atoms. The molecule has 3 heterocycles. The van der Waals surface area contributed by atoms with E-state index in [-0.39, 0.29) is 5.69 Å². The van der Waals surface area contributed by atoms with E-state index in [0.29, 0.717) is 33.7 Å². The lowest BCUT2D eigenvalue weighted by Crippen LogP contribution is -2.04. The summed E-state index contributed by atoms with van der Waals surface area (Å²) >= 11 is 6.60. The molecule has 0 saturated heterocycles. The number of rotatable bonds is 4. The second-order valence-electron chi connectivity index (χ2n) is 7.82. The predicted octanol–water partition coefficient (Wildman–Crippen LogP) is 4.03. The number of aromatic amines is 2. The van der Waals surface area contributed by atoms with Crippen LogP contribution in [0.25, 0.3) is 39.0 Å². The van der Waals surface area contributed by atoms with E-state index in [4.69, 9.17) is 16.9 Å². The zero-order valence-corrected chi connectivity index (χ0v) is 18.3. The predicted molar refractivity (Wildman–Crippen MR) is 128 cm³/mol. The van der Waals surface area contributed by atoms with Crippen LogP contribution in [0.4, 0.5) is 0 Å². The first kappa shape index (κ1) is 20.0. The SMILES string of the molecule is N#Cc1ccc(Cn2nccc2-c2cc(Cl)c3nnn(-c4ccc5[nH]c(=O)[nH]c5c4)c3c2)cc1. The van der Waals surface area contributed by atoms with Gasteiger partial charge in [0.25, 0.3) is 0 Å². The summed E-state index contributed by atoms with van der Waals surface area (Å²) in [5.41, 5.74) is 6.55. The average Bonchev–Trinajstić information content (AvgIpc) is 3.56. The number of aromatic nitrogens is 7. The molecule has 0 saturated carbocycles. The van der Waals surface area contributed by atoms with Gasteiger partial charge in [-0.2, -0.15) is 10.4 Å². The average molecular weight is 467 g/mol. The fourth-order valence-corrected chi connectivity index (χ4v) is 4.29. The number of H-pyrrole nitrogens is 2. The van der Waals surface area contributed by atoms with Crippen molar-refractivity contribution in [3.8, 4) is 23.0 Å². The molecule has 0 fully saturated rings. The van der Waals surface area contributed by atoms with Crippen LogP contribution in [0.3, 0.4) is 0 Å². The topological polar surface area (TPSA) is 121 Å². The molecule has 0 unspecified atom stereocenters. The molecule has 9 nitrogen and oxygen atoms in total. The van der Waals surface area contributed by atoms with Crippen LogP contribution in [0.15, 0.2) is 71.7 Å². The van der Waals surface area contributed by atoms with Gasteiger partial charge in [-0.3, -0.25) is 4.68 Å². The Hall–Kier alpha value is -4.68. The van der Waals surface area contributed by atoms with Gasteiger partial charge < -0.3 is 9.97 Å². The Morgan fingerprint density at radius 1 is 1.00 bits per heavy atom. The van der Waals surface area contributed by atoms with Crippen molar-refractivity contribution >= 4 is 33.7 Å². The fraction of sp³-hybridized carbons (Fsp3) is 0.0417. The summed E-state index contributed by atoms with van der Waals surface area (Å²) in [5.74, 6) is 0. The minimum absolute atomic E-state index is 0.267. The number of imidazole rings is 1. The van der Waals surface area contributed by atoms with Crippen LogP contribution in [0, 0.1) is 11.3 Å². The molecule has 164 valence electrons. The van der Waals surface area contributed by atoms with Crippen molar-refractivity contribution < 1.29 is 0 Å². The van der Waals surface area contributed by atoms with E-state index in [2.05, 4.69) is 31.4 Å². The maximum absolute atomic E-state index is 11.6. The van der Waals surface area contributed by atoms with Gasteiger partial charge >= 0.3 is 5.69 Å². The van der Waals surface area contributed by atoms with Crippen LogP contribution in [-0.2, 0) is 6.54 Å². The zero-order chi connectivity index (χ0) is 23.2. The Bertz CT molecular complexity index is 1780. The third-order valence-electron chi connectivity index (χ3n) is 5.68. The van der Waals surface area contributed by atoms with Crippen molar-refractivity contribution in [2.45, 2.75) is 6.54 Å². The molecular formula is C24H15ClN8O. The van der Waals surface area contributed by atoms with Gasteiger partial charge in [0.05, 0.1) is 51.1 Å². The fourth-order valence-electron chi connectivity index (χ4n) is 4.04. The number of nitrogens with one attached hydrogen (secondary N) is 2. The number of hydrogen-bond acceptors (Lipinski definition) is 5. The number of nitriles is 1. The molecular weight excluding hydrogens is 452 g/mol. The lowest BCUT2D eigenvalue weighted by atomic mass is 10.1. The summed E-state index contributed by atoms with van der Waals surface area (Å²) in [5, 5.41) is 22.5. The van der Waals surface area contributed by atoms with Crippen LogP contribution in [0.5, 0.6) is 0 Å². The van der Waals surface area contributed by atoms with Crippen molar-refractivity contribution in [2.24, 2.45) is 0 Å². The van der Waals surface area contributed by atoms with Gasteiger partial charge in [0.1, 0.15) is 5.52 Å².